The van der Waals surface area contributed by atoms with Crippen LogP contribution in [0.4, 0.5) is 0 Å². The Labute approximate surface area is 148 Å². The first-order valence-corrected chi connectivity index (χ1v) is 9.09. The number of hydrogen-bond donors (Lipinski definition) is 0. The molecule has 1 unspecified atom stereocenters. The summed E-state index contributed by atoms with van der Waals surface area (Å²) >= 11 is 0. The van der Waals surface area contributed by atoms with Gasteiger partial charge in [-0.3, -0.25) is 9.88 Å². The number of morpholine rings is 1. The summed E-state index contributed by atoms with van der Waals surface area (Å²) in [5.41, 5.74) is 0.991. The Morgan fingerprint density at radius 1 is 1.24 bits per heavy atom. The van der Waals surface area contributed by atoms with Gasteiger partial charge in [0.15, 0.2) is 0 Å². The van der Waals surface area contributed by atoms with E-state index in [1.165, 1.54) is 0 Å². The summed E-state index contributed by atoms with van der Waals surface area (Å²) in [6.07, 6.45) is 8.25. The molecule has 1 aliphatic carbocycles. The fourth-order valence-electron chi connectivity index (χ4n) is 4.00. The van der Waals surface area contributed by atoms with E-state index in [0.29, 0.717) is 24.7 Å². The van der Waals surface area contributed by atoms with Crippen molar-refractivity contribution >= 4 is 0 Å². The Morgan fingerprint density at radius 3 is 3.00 bits per heavy atom. The van der Waals surface area contributed by atoms with Gasteiger partial charge in [0.1, 0.15) is 5.82 Å². The molecule has 0 amide bonds. The number of aryl methyl sites for hydroxylation is 1. The predicted molar refractivity (Wildman–Crippen MR) is 93.8 cm³/mol. The zero-order chi connectivity index (χ0) is 17.1. The molecule has 0 aromatic carbocycles. The Kier molecular flexibility index (Phi) is 5.10. The van der Waals surface area contributed by atoms with Crippen molar-refractivity contribution in [1.29, 1.82) is 0 Å². The molecule has 0 bridgehead atoms. The van der Waals surface area contributed by atoms with Crippen LogP contribution >= 0.6 is 0 Å². The third kappa shape index (κ3) is 3.92. The SMILES string of the molecule is Cn1ccnc1CN1CCO[C@@H]2CC(COCc3ccccn3)C[C@H]21. The van der Waals surface area contributed by atoms with E-state index in [1.807, 2.05) is 36.8 Å². The lowest BCUT2D eigenvalue weighted by atomic mass is 10.1. The molecule has 2 aliphatic rings. The third-order valence-electron chi connectivity index (χ3n) is 5.34. The molecule has 25 heavy (non-hydrogen) atoms. The molecule has 0 radical (unpaired) electrons. The standard InChI is InChI=1S/C19H26N4O2/c1-22-7-6-21-19(22)12-23-8-9-25-18-11-15(10-17(18)23)13-24-14-16-4-2-3-5-20-16/h2-7,15,17-18H,8-14H2,1H3/t15?,17-,18-/m1/s1. The van der Waals surface area contributed by atoms with Crippen LogP contribution in [0.25, 0.3) is 0 Å². The highest BCUT2D eigenvalue weighted by atomic mass is 16.5. The first-order chi connectivity index (χ1) is 12.3. The first-order valence-electron chi connectivity index (χ1n) is 9.09. The van der Waals surface area contributed by atoms with Crippen molar-refractivity contribution in [3.05, 3.63) is 48.3 Å². The zero-order valence-electron chi connectivity index (χ0n) is 14.8. The second-order valence-corrected chi connectivity index (χ2v) is 7.08. The highest BCUT2D eigenvalue weighted by Crippen LogP contribution is 2.35. The molecule has 2 aromatic heterocycles. The van der Waals surface area contributed by atoms with E-state index in [4.69, 9.17) is 9.47 Å². The Balaban J connectivity index is 1.30. The fraction of sp³-hybridized carbons (Fsp3) is 0.579. The minimum atomic E-state index is 0.331. The molecule has 6 heteroatoms. The van der Waals surface area contributed by atoms with Crippen LogP contribution in [0.5, 0.6) is 0 Å². The van der Waals surface area contributed by atoms with Crippen molar-refractivity contribution in [3.8, 4) is 0 Å². The Hall–Kier alpha value is -1.76. The molecule has 134 valence electrons. The smallest absolute Gasteiger partial charge is 0.122 e. The topological polar surface area (TPSA) is 52.4 Å². The van der Waals surface area contributed by atoms with Gasteiger partial charge >= 0.3 is 0 Å². The van der Waals surface area contributed by atoms with Crippen LogP contribution in [0.1, 0.15) is 24.4 Å². The van der Waals surface area contributed by atoms with Gasteiger partial charge in [0, 0.05) is 38.2 Å². The molecule has 2 fully saturated rings. The van der Waals surface area contributed by atoms with Crippen LogP contribution < -0.4 is 0 Å². The molecule has 0 spiro atoms. The number of nitrogens with zero attached hydrogens (tertiary/aromatic N) is 4. The van der Waals surface area contributed by atoms with Gasteiger partial charge in [-0.25, -0.2) is 4.98 Å². The van der Waals surface area contributed by atoms with Crippen LogP contribution in [0, 0.1) is 5.92 Å². The number of pyridine rings is 1. The summed E-state index contributed by atoms with van der Waals surface area (Å²) in [4.78, 5) is 11.3. The summed E-state index contributed by atoms with van der Waals surface area (Å²) in [6.45, 7) is 4.06. The van der Waals surface area contributed by atoms with E-state index in [0.717, 1.165) is 50.7 Å². The number of rotatable bonds is 6. The predicted octanol–water partition coefficient (Wildman–Crippen LogP) is 2.01. The maximum atomic E-state index is 6.04. The van der Waals surface area contributed by atoms with Gasteiger partial charge in [0.25, 0.3) is 0 Å². The minimum Gasteiger partial charge on any atom is -0.375 e. The van der Waals surface area contributed by atoms with E-state index in [9.17, 15) is 0 Å². The van der Waals surface area contributed by atoms with Crippen molar-refractivity contribution in [1.82, 2.24) is 19.4 Å². The fourth-order valence-corrected chi connectivity index (χ4v) is 4.00. The molecule has 4 rings (SSSR count). The average molecular weight is 342 g/mol. The third-order valence-corrected chi connectivity index (χ3v) is 5.34. The molecule has 3 heterocycles. The van der Waals surface area contributed by atoms with Crippen molar-refractivity contribution in [2.24, 2.45) is 13.0 Å². The summed E-state index contributed by atoms with van der Waals surface area (Å²) < 4.78 is 14.1. The van der Waals surface area contributed by atoms with E-state index in [-0.39, 0.29) is 0 Å². The Bertz CT molecular complexity index is 675. The van der Waals surface area contributed by atoms with Gasteiger partial charge in [0.2, 0.25) is 0 Å². The van der Waals surface area contributed by atoms with Crippen LogP contribution in [0.3, 0.4) is 0 Å². The number of aromatic nitrogens is 3. The lowest BCUT2D eigenvalue weighted by molar-refractivity contribution is -0.0601. The number of fused-ring (bicyclic) bond motifs is 1. The van der Waals surface area contributed by atoms with Gasteiger partial charge in [-0.2, -0.15) is 0 Å². The summed E-state index contributed by atoms with van der Waals surface area (Å²) in [5, 5.41) is 0. The number of hydrogen-bond acceptors (Lipinski definition) is 5. The molecular formula is C19H26N4O2. The number of ether oxygens (including phenoxy) is 2. The van der Waals surface area contributed by atoms with E-state index < -0.39 is 0 Å². The van der Waals surface area contributed by atoms with Crippen molar-refractivity contribution in [2.45, 2.75) is 38.1 Å². The van der Waals surface area contributed by atoms with Crippen molar-refractivity contribution in [3.63, 3.8) is 0 Å². The minimum absolute atomic E-state index is 0.331. The maximum Gasteiger partial charge on any atom is 0.122 e. The van der Waals surface area contributed by atoms with Crippen molar-refractivity contribution < 1.29 is 9.47 Å². The van der Waals surface area contributed by atoms with Gasteiger partial charge in [-0.15, -0.1) is 0 Å². The summed E-state index contributed by atoms with van der Waals surface area (Å²) in [7, 11) is 2.06. The van der Waals surface area contributed by atoms with Gasteiger partial charge in [-0.05, 0) is 30.9 Å². The van der Waals surface area contributed by atoms with Gasteiger partial charge in [-0.1, -0.05) is 6.07 Å². The second kappa shape index (κ2) is 7.64. The molecule has 3 atom stereocenters. The van der Waals surface area contributed by atoms with Crippen LogP contribution in [0.2, 0.25) is 0 Å². The van der Waals surface area contributed by atoms with E-state index >= 15 is 0 Å². The molecule has 2 aromatic rings. The van der Waals surface area contributed by atoms with Crippen molar-refractivity contribution in [2.75, 3.05) is 19.8 Å². The summed E-state index contributed by atoms with van der Waals surface area (Å²) in [5.74, 6) is 1.68. The molecule has 6 nitrogen and oxygen atoms in total. The first kappa shape index (κ1) is 16.7. The van der Waals surface area contributed by atoms with Crippen LogP contribution in [-0.2, 0) is 29.7 Å². The van der Waals surface area contributed by atoms with Crippen LogP contribution in [-0.4, -0.2) is 51.3 Å². The highest BCUT2D eigenvalue weighted by molar-refractivity contribution is 5.02. The van der Waals surface area contributed by atoms with Gasteiger partial charge in [0.05, 0.1) is 38.2 Å². The molecule has 1 saturated carbocycles. The lowest BCUT2D eigenvalue weighted by Gasteiger charge is -2.37. The second-order valence-electron chi connectivity index (χ2n) is 7.08. The summed E-state index contributed by atoms with van der Waals surface area (Å²) in [6, 6.07) is 6.41. The molecule has 1 saturated heterocycles. The average Bonchev–Trinajstić information content (AvgIpc) is 3.23. The van der Waals surface area contributed by atoms with E-state index in [2.05, 4.69) is 26.5 Å². The van der Waals surface area contributed by atoms with Gasteiger partial charge < -0.3 is 14.0 Å². The molecule has 1 aliphatic heterocycles. The molecular weight excluding hydrogens is 316 g/mol. The lowest BCUT2D eigenvalue weighted by Crippen LogP contribution is -2.48. The maximum absolute atomic E-state index is 6.04. The quantitative estimate of drug-likeness (QED) is 0.804. The zero-order valence-corrected chi connectivity index (χ0v) is 14.8. The normalized spacial score (nSPS) is 26.7. The highest BCUT2D eigenvalue weighted by Gasteiger charge is 2.41. The van der Waals surface area contributed by atoms with E-state index in [1.54, 1.807) is 0 Å². The number of imidazole rings is 1. The molecule has 0 N–H and O–H groups in total. The Morgan fingerprint density at radius 2 is 2.20 bits per heavy atom. The van der Waals surface area contributed by atoms with Crippen LogP contribution in [0.15, 0.2) is 36.8 Å². The monoisotopic (exact) mass is 342 g/mol. The largest absolute Gasteiger partial charge is 0.375 e.